The monoisotopic (exact) mass is 340 g/mol. The molecule has 5 heteroatoms. The molecule has 0 bridgehead atoms. The normalized spacial score (nSPS) is 10.5. The van der Waals surface area contributed by atoms with Crippen LogP contribution in [0.4, 0.5) is 5.82 Å². The minimum Gasteiger partial charge on any atom is -0.383 e. The van der Waals surface area contributed by atoms with Crippen molar-refractivity contribution in [2.75, 3.05) is 5.73 Å². The predicted molar refractivity (Wildman–Crippen MR) is 76.5 cm³/mol. The molecule has 0 unspecified atom stereocenters. The summed E-state index contributed by atoms with van der Waals surface area (Å²) in [5.41, 5.74) is 8.94. The number of halogens is 1. The summed E-state index contributed by atoms with van der Waals surface area (Å²) in [6.07, 6.45) is 4.39. The molecule has 4 nitrogen and oxygen atoms in total. The number of nitrogen functional groups attached to an aromatic ring is 1. The van der Waals surface area contributed by atoms with Gasteiger partial charge in [-0.3, -0.25) is 4.98 Å². The van der Waals surface area contributed by atoms with Gasteiger partial charge in [-0.25, -0.2) is 9.97 Å². The summed E-state index contributed by atoms with van der Waals surface area (Å²) in [7, 11) is 0. The van der Waals surface area contributed by atoms with Crippen LogP contribution in [0.15, 0.2) is 18.5 Å². The average molecular weight is 340 g/mol. The number of rotatable bonds is 2. The molecular formula is C12H13IN4. The molecule has 0 fully saturated rings. The maximum atomic E-state index is 5.91. The van der Waals surface area contributed by atoms with E-state index in [0.717, 1.165) is 26.8 Å². The van der Waals surface area contributed by atoms with Crippen LogP contribution >= 0.6 is 22.6 Å². The van der Waals surface area contributed by atoms with Crippen LogP contribution in [0.1, 0.15) is 18.2 Å². The first kappa shape index (κ1) is 12.2. The van der Waals surface area contributed by atoms with E-state index in [2.05, 4.69) is 44.5 Å². The number of hydrogen-bond donors (Lipinski definition) is 1. The Balaban J connectivity index is 2.61. The Morgan fingerprint density at radius 3 is 2.76 bits per heavy atom. The van der Waals surface area contributed by atoms with Crippen molar-refractivity contribution in [3.63, 3.8) is 0 Å². The Morgan fingerprint density at radius 1 is 1.35 bits per heavy atom. The molecular weight excluding hydrogens is 327 g/mol. The van der Waals surface area contributed by atoms with Gasteiger partial charge in [-0.2, -0.15) is 0 Å². The van der Waals surface area contributed by atoms with Crippen molar-refractivity contribution in [1.29, 1.82) is 0 Å². The number of nitrogens with zero attached hydrogens (tertiary/aromatic N) is 3. The van der Waals surface area contributed by atoms with E-state index in [1.165, 1.54) is 0 Å². The van der Waals surface area contributed by atoms with Crippen LogP contribution in [-0.2, 0) is 6.42 Å². The van der Waals surface area contributed by atoms with Crippen LogP contribution < -0.4 is 5.73 Å². The second-order valence-corrected chi connectivity index (χ2v) is 4.82. The number of pyridine rings is 1. The van der Waals surface area contributed by atoms with Crippen molar-refractivity contribution in [3.8, 4) is 11.4 Å². The van der Waals surface area contributed by atoms with Gasteiger partial charge in [0.15, 0.2) is 5.82 Å². The van der Waals surface area contributed by atoms with Crippen LogP contribution in [0.2, 0.25) is 0 Å². The SMILES string of the molecule is CCc1nc(-c2ccncc2C)nc(N)c1I. The minimum atomic E-state index is 0.545. The Labute approximate surface area is 114 Å². The molecule has 0 aliphatic carbocycles. The van der Waals surface area contributed by atoms with E-state index in [-0.39, 0.29) is 0 Å². The second kappa shape index (κ2) is 4.95. The Morgan fingerprint density at radius 2 is 2.12 bits per heavy atom. The average Bonchev–Trinajstić information content (AvgIpc) is 2.33. The van der Waals surface area contributed by atoms with E-state index in [0.29, 0.717) is 11.6 Å². The second-order valence-electron chi connectivity index (χ2n) is 3.74. The van der Waals surface area contributed by atoms with Crippen molar-refractivity contribution < 1.29 is 0 Å². The lowest BCUT2D eigenvalue weighted by atomic mass is 10.1. The Hall–Kier alpha value is -1.24. The molecule has 2 rings (SSSR count). The van der Waals surface area contributed by atoms with Gasteiger partial charge in [0, 0.05) is 18.0 Å². The highest BCUT2D eigenvalue weighted by atomic mass is 127. The number of hydrogen-bond acceptors (Lipinski definition) is 4. The quantitative estimate of drug-likeness (QED) is 0.854. The molecule has 0 saturated carbocycles. The molecule has 2 N–H and O–H groups in total. The van der Waals surface area contributed by atoms with Crippen molar-refractivity contribution in [1.82, 2.24) is 15.0 Å². The van der Waals surface area contributed by atoms with Gasteiger partial charge in [-0.1, -0.05) is 6.92 Å². The predicted octanol–water partition coefficient (Wildman–Crippen LogP) is 2.60. The Kier molecular flexibility index (Phi) is 3.56. The lowest BCUT2D eigenvalue weighted by Crippen LogP contribution is -2.04. The van der Waals surface area contributed by atoms with E-state index in [1.54, 1.807) is 12.4 Å². The van der Waals surface area contributed by atoms with Crippen LogP contribution in [0.25, 0.3) is 11.4 Å². The van der Waals surface area contributed by atoms with Gasteiger partial charge in [0.1, 0.15) is 5.82 Å². The fourth-order valence-electron chi connectivity index (χ4n) is 1.59. The van der Waals surface area contributed by atoms with Gasteiger partial charge < -0.3 is 5.73 Å². The molecule has 0 atom stereocenters. The van der Waals surface area contributed by atoms with Gasteiger partial charge in [0.2, 0.25) is 0 Å². The van der Waals surface area contributed by atoms with Crippen LogP contribution in [0.3, 0.4) is 0 Å². The van der Waals surface area contributed by atoms with E-state index < -0.39 is 0 Å². The number of aryl methyl sites for hydroxylation is 2. The van der Waals surface area contributed by atoms with Crippen molar-refractivity contribution in [2.24, 2.45) is 0 Å². The number of anilines is 1. The molecule has 88 valence electrons. The van der Waals surface area contributed by atoms with Crippen LogP contribution in [-0.4, -0.2) is 15.0 Å². The van der Waals surface area contributed by atoms with Gasteiger partial charge >= 0.3 is 0 Å². The maximum Gasteiger partial charge on any atom is 0.162 e. The van der Waals surface area contributed by atoms with Gasteiger partial charge in [-0.05, 0) is 47.6 Å². The highest BCUT2D eigenvalue weighted by Gasteiger charge is 2.11. The lowest BCUT2D eigenvalue weighted by molar-refractivity contribution is 0.992. The lowest BCUT2D eigenvalue weighted by Gasteiger charge is -2.08. The molecule has 2 aromatic heterocycles. The van der Waals surface area contributed by atoms with E-state index in [9.17, 15) is 0 Å². The first-order valence-electron chi connectivity index (χ1n) is 5.36. The fraction of sp³-hybridized carbons (Fsp3) is 0.250. The smallest absolute Gasteiger partial charge is 0.162 e. The van der Waals surface area contributed by atoms with E-state index in [4.69, 9.17) is 5.73 Å². The van der Waals surface area contributed by atoms with Gasteiger partial charge in [-0.15, -0.1) is 0 Å². The van der Waals surface area contributed by atoms with Gasteiger partial charge in [0.25, 0.3) is 0 Å². The highest BCUT2D eigenvalue weighted by molar-refractivity contribution is 14.1. The molecule has 0 aromatic carbocycles. The molecule has 0 spiro atoms. The third kappa shape index (κ3) is 2.38. The molecule has 0 amide bonds. The summed E-state index contributed by atoms with van der Waals surface area (Å²) in [6.45, 7) is 4.05. The molecule has 0 aliphatic rings. The van der Waals surface area contributed by atoms with Crippen LogP contribution in [0, 0.1) is 10.5 Å². The largest absolute Gasteiger partial charge is 0.383 e. The molecule has 0 saturated heterocycles. The molecule has 2 aromatic rings. The zero-order chi connectivity index (χ0) is 12.4. The minimum absolute atomic E-state index is 0.545. The van der Waals surface area contributed by atoms with E-state index in [1.807, 2.05) is 13.0 Å². The summed E-state index contributed by atoms with van der Waals surface area (Å²) in [5, 5.41) is 0. The summed E-state index contributed by atoms with van der Waals surface area (Å²) in [6, 6.07) is 1.91. The Bertz CT molecular complexity index is 554. The summed E-state index contributed by atoms with van der Waals surface area (Å²) in [4.78, 5) is 13.0. The standard InChI is InChI=1S/C12H13IN4/c1-3-9-10(13)11(14)17-12(16-9)8-4-5-15-6-7(8)2/h4-6H,3H2,1-2H3,(H2,14,16,17). The van der Waals surface area contributed by atoms with Crippen molar-refractivity contribution in [3.05, 3.63) is 33.3 Å². The zero-order valence-corrected chi connectivity index (χ0v) is 11.9. The molecule has 0 radical (unpaired) electrons. The molecule has 17 heavy (non-hydrogen) atoms. The fourth-order valence-corrected chi connectivity index (χ4v) is 2.21. The van der Waals surface area contributed by atoms with E-state index >= 15 is 0 Å². The summed E-state index contributed by atoms with van der Waals surface area (Å²) >= 11 is 2.19. The topological polar surface area (TPSA) is 64.7 Å². The third-order valence-corrected chi connectivity index (χ3v) is 3.72. The number of nitrogens with two attached hydrogens (primary N) is 1. The molecule has 0 aliphatic heterocycles. The number of aromatic nitrogens is 3. The highest BCUT2D eigenvalue weighted by Crippen LogP contribution is 2.24. The zero-order valence-electron chi connectivity index (χ0n) is 9.74. The first-order chi connectivity index (χ1) is 8.13. The maximum absolute atomic E-state index is 5.91. The van der Waals surface area contributed by atoms with Crippen LogP contribution in [0.5, 0.6) is 0 Å². The third-order valence-electron chi connectivity index (χ3n) is 2.54. The van der Waals surface area contributed by atoms with Crippen molar-refractivity contribution >= 4 is 28.4 Å². The first-order valence-corrected chi connectivity index (χ1v) is 6.44. The summed E-state index contributed by atoms with van der Waals surface area (Å²) in [5.74, 6) is 1.23. The summed E-state index contributed by atoms with van der Waals surface area (Å²) < 4.78 is 0.945. The molecule has 2 heterocycles. The van der Waals surface area contributed by atoms with Crippen molar-refractivity contribution in [2.45, 2.75) is 20.3 Å². The van der Waals surface area contributed by atoms with Gasteiger partial charge in [0.05, 0.1) is 9.26 Å².